The third-order valence-corrected chi connectivity index (χ3v) is 4.60. The Bertz CT molecular complexity index is 436. The normalized spacial score (nSPS) is 16.3. The van der Waals surface area contributed by atoms with Gasteiger partial charge >= 0.3 is 0 Å². The van der Waals surface area contributed by atoms with E-state index in [2.05, 4.69) is 15.9 Å². The fourth-order valence-electron chi connectivity index (χ4n) is 2.80. The van der Waals surface area contributed by atoms with Gasteiger partial charge in [0.15, 0.2) is 5.78 Å². The van der Waals surface area contributed by atoms with Crippen molar-refractivity contribution in [3.63, 3.8) is 0 Å². The summed E-state index contributed by atoms with van der Waals surface area (Å²) in [5, 5.41) is 0. The van der Waals surface area contributed by atoms with Crippen LogP contribution in [0, 0.1) is 5.92 Å². The number of rotatable bonds is 5. The van der Waals surface area contributed by atoms with Crippen LogP contribution < -0.4 is 4.74 Å². The Morgan fingerprint density at radius 3 is 2.68 bits per heavy atom. The van der Waals surface area contributed by atoms with Crippen LogP contribution in [0.15, 0.2) is 22.7 Å². The minimum absolute atomic E-state index is 0.244. The average molecular weight is 325 g/mol. The highest BCUT2D eigenvalue weighted by Gasteiger charge is 2.16. The van der Waals surface area contributed by atoms with Crippen molar-refractivity contribution in [3.8, 4) is 5.75 Å². The van der Waals surface area contributed by atoms with Crippen molar-refractivity contribution in [1.29, 1.82) is 0 Å². The first-order valence-electron chi connectivity index (χ1n) is 7.07. The van der Waals surface area contributed by atoms with Crippen LogP contribution in [0.2, 0.25) is 0 Å². The summed E-state index contributed by atoms with van der Waals surface area (Å²) in [6.07, 6.45) is 8.38. The number of benzene rings is 1. The molecule has 0 amide bonds. The Hall–Kier alpha value is -0.830. The number of hydrogen-bond donors (Lipinski definition) is 0. The molecule has 1 aromatic rings. The molecular weight excluding hydrogens is 304 g/mol. The van der Waals surface area contributed by atoms with E-state index in [0.717, 1.165) is 28.1 Å². The van der Waals surface area contributed by atoms with Gasteiger partial charge in [0.25, 0.3) is 0 Å². The molecule has 2 rings (SSSR count). The molecule has 0 saturated heterocycles. The molecule has 1 aliphatic rings. The van der Waals surface area contributed by atoms with Crippen LogP contribution in [0.4, 0.5) is 0 Å². The van der Waals surface area contributed by atoms with Gasteiger partial charge in [-0.15, -0.1) is 0 Å². The molecule has 19 heavy (non-hydrogen) atoms. The van der Waals surface area contributed by atoms with Crippen LogP contribution >= 0.6 is 15.9 Å². The summed E-state index contributed by atoms with van der Waals surface area (Å²) < 4.78 is 6.02. The van der Waals surface area contributed by atoms with E-state index in [1.165, 1.54) is 32.1 Å². The van der Waals surface area contributed by atoms with E-state index in [9.17, 15) is 4.79 Å². The molecule has 1 aliphatic carbocycles. The fraction of sp³-hybridized carbons (Fsp3) is 0.562. The summed E-state index contributed by atoms with van der Waals surface area (Å²) in [6, 6.07) is 5.56. The molecule has 104 valence electrons. The number of ketones is 1. The van der Waals surface area contributed by atoms with E-state index in [-0.39, 0.29) is 5.78 Å². The Morgan fingerprint density at radius 1 is 1.32 bits per heavy atom. The topological polar surface area (TPSA) is 26.3 Å². The number of methoxy groups -OCH3 is 1. The van der Waals surface area contributed by atoms with Gasteiger partial charge < -0.3 is 4.74 Å². The van der Waals surface area contributed by atoms with Gasteiger partial charge in [-0.1, -0.05) is 32.1 Å². The van der Waals surface area contributed by atoms with Crippen molar-refractivity contribution < 1.29 is 9.53 Å². The van der Waals surface area contributed by atoms with Crippen LogP contribution in [-0.2, 0) is 0 Å². The molecule has 1 fully saturated rings. The van der Waals surface area contributed by atoms with Gasteiger partial charge in [-0.05, 0) is 46.5 Å². The van der Waals surface area contributed by atoms with Crippen LogP contribution in [-0.4, -0.2) is 12.9 Å². The third-order valence-electron chi connectivity index (χ3n) is 3.98. The summed E-state index contributed by atoms with van der Waals surface area (Å²) in [6.45, 7) is 0. The van der Waals surface area contributed by atoms with E-state index in [4.69, 9.17) is 4.74 Å². The van der Waals surface area contributed by atoms with E-state index in [1.807, 2.05) is 18.2 Å². The predicted octanol–water partition coefficient (Wildman–Crippen LogP) is 5.00. The first kappa shape index (κ1) is 14.6. The van der Waals surface area contributed by atoms with Crippen molar-refractivity contribution in [1.82, 2.24) is 0 Å². The second kappa shape index (κ2) is 7.09. The first-order chi connectivity index (χ1) is 9.20. The maximum absolute atomic E-state index is 12.2. The lowest BCUT2D eigenvalue weighted by Gasteiger charge is -2.20. The first-order valence-corrected chi connectivity index (χ1v) is 7.86. The van der Waals surface area contributed by atoms with Gasteiger partial charge in [-0.3, -0.25) is 4.79 Å². The van der Waals surface area contributed by atoms with Crippen molar-refractivity contribution in [2.45, 2.75) is 44.9 Å². The third kappa shape index (κ3) is 4.07. The molecular formula is C16H21BrO2. The number of carbonyl (C=O) groups is 1. The van der Waals surface area contributed by atoms with Gasteiger partial charge in [0.2, 0.25) is 0 Å². The fourth-order valence-corrected chi connectivity index (χ4v) is 3.34. The smallest absolute Gasteiger partial charge is 0.162 e. The molecule has 1 saturated carbocycles. The van der Waals surface area contributed by atoms with Crippen LogP contribution in [0.5, 0.6) is 5.75 Å². The highest BCUT2D eigenvalue weighted by molar-refractivity contribution is 9.10. The highest BCUT2D eigenvalue weighted by atomic mass is 79.9. The van der Waals surface area contributed by atoms with Gasteiger partial charge in [0.1, 0.15) is 5.75 Å². The number of Topliss-reactive ketones (excluding diaryl/α,β-unsaturated/α-hetero) is 1. The molecule has 0 unspecified atom stereocenters. The van der Waals surface area contributed by atoms with Gasteiger partial charge in [0.05, 0.1) is 11.6 Å². The summed E-state index contributed by atoms with van der Waals surface area (Å²) in [5.74, 6) is 1.78. The average Bonchev–Trinajstić information content (AvgIpc) is 2.45. The molecule has 0 atom stereocenters. The zero-order valence-corrected chi connectivity index (χ0v) is 13.0. The van der Waals surface area contributed by atoms with E-state index in [1.54, 1.807) is 7.11 Å². The Kier molecular flexibility index (Phi) is 5.44. The van der Waals surface area contributed by atoms with Gasteiger partial charge in [-0.25, -0.2) is 0 Å². The molecule has 0 spiro atoms. The van der Waals surface area contributed by atoms with Crippen molar-refractivity contribution in [3.05, 3.63) is 28.2 Å². The standard InChI is InChI=1S/C16H21BrO2/c1-19-16-10-8-13(11-14(16)17)15(18)9-7-12-5-3-2-4-6-12/h8,10-12H,2-7,9H2,1H3. The Morgan fingerprint density at radius 2 is 2.05 bits per heavy atom. The highest BCUT2D eigenvalue weighted by Crippen LogP contribution is 2.29. The monoisotopic (exact) mass is 324 g/mol. The summed E-state index contributed by atoms with van der Waals surface area (Å²) in [7, 11) is 1.63. The second-order valence-electron chi connectivity index (χ2n) is 5.32. The molecule has 0 N–H and O–H groups in total. The lowest BCUT2D eigenvalue weighted by atomic mass is 9.85. The lowest BCUT2D eigenvalue weighted by Crippen LogP contribution is -2.09. The van der Waals surface area contributed by atoms with Crippen LogP contribution in [0.1, 0.15) is 55.3 Å². The molecule has 0 radical (unpaired) electrons. The predicted molar refractivity (Wildman–Crippen MR) is 80.8 cm³/mol. The zero-order valence-electron chi connectivity index (χ0n) is 11.5. The number of carbonyl (C=O) groups excluding carboxylic acids is 1. The molecule has 0 aromatic heterocycles. The maximum Gasteiger partial charge on any atom is 0.162 e. The van der Waals surface area contributed by atoms with Gasteiger partial charge in [-0.2, -0.15) is 0 Å². The summed E-state index contributed by atoms with van der Waals surface area (Å²) in [5.41, 5.74) is 0.781. The van der Waals surface area contributed by atoms with E-state index >= 15 is 0 Å². The van der Waals surface area contributed by atoms with Crippen molar-refractivity contribution >= 4 is 21.7 Å². The Balaban J connectivity index is 1.90. The number of halogens is 1. The SMILES string of the molecule is COc1ccc(C(=O)CCC2CCCCC2)cc1Br. The van der Waals surface area contributed by atoms with Crippen LogP contribution in [0.3, 0.4) is 0 Å². The zero-order chi connectivity index (χ0) is 13.7. The quantitative estimate of drug-likeness (QED) is 0.712. The molecule has 3 heteroatoms. The lowest BCUT2D eigenvalue weighted by molar-refractivity contribution is 0.0970. The van der Waals surface area contributed by atoms with E-state index < -0.39 is 0 Å². The number of hydrogen-bond acceptors (Lipinski definition) is 2. The minimum Gasteiger partial charge on any atom is -0.496 e. The Labute approximate surface area is 123 Å². The molecule has 0 bridgehead atoms. The van der Waals surface area contributed by atoms with Crippen molar-refractivity contribution in [2.75, 3.05) is 7.11 Å². The summed E-state index contributed by atoms with van der Waals surface area (Å²) >= 11 is 3.43. The largest absolute Gasteiger partial charge is 0.496 e. The molecule has 0 aliphatic heterocycles. The van der Waals surface area contributed by atoms with E-state index in [0.29, 0.717) is 6.42 Å². The minimum atomic E-state index is 0.244. The number of ether oxygens (including phenoxy) is 1. The molecule has 2 nitrogen and oxygen atoms in total. The van der Waals surface area contributed by atoms with Gasteiger partial charge in [0, 0.05) is 12.0 Å². The second-order valence-corrected chi connectivity index (χ2v) is 6.17. The van der Waals surface area contributed by atoms with Crippen molar-refractivity contribution in [2.24, 2.45) is 5.92 Å². The molecule has 1 aromatic carbocycles. The molecule has 0 heterocycles. The summed E-state index contributed by atoms with van der Waals surface area (Å²) in [4.78, 5) is 12.2. The maximum atomic E-state index is 12.2. The van der Waals surface area contributed by atoms with Crippen LogP contribution in [0.25, 0.3) is 0 Å².